The zero-order valence-corrected chi connectivity index (χ0v) is 84.9. The van der Waals surface area contributed by atoms with Crippen LogP contribution in [-0.4, -0.2) is 144 Å². The molecule has 768 valence electrons. The minimum absolute atomic E-state index is 0.000459. The second-order valence-corrected chi connectivity index (χ2v) is 37.7. The minimum Gasteiger partial charge on any atom is -0.493 e. The summed E-state index contributed by atoms with van der Waals surface area (Å²) in [5, 5.41) is 15.2. The molecule has 0 aliphatic heterocycles. The van der Waals surface area contributed by atoms with E-state index >= 15 is 17.6 Å². The highest BCUT2D eigenvalue weighted by molar-refractivity contribution is 7.80. The number of nitrogens with zero attached hydrogens (tertiary/aromatic N) is 8. The lowest BCUT2D eigenvalue weighted by Gasteiger charge is -2.30. The number of Topliss-reactive ketones (excluding diaryl/α,β-unsaturated/α-hetero) is 2. The lowest BCUT2D eigenvalue weighted by molar-refractivity contribution is -0.125. The van der Waals surface area contributed by atoms with Gasteiger partial charge in [-0.3, -0.25) is 9.59 Å². The van der Waals surface area contributed by atoms with E-state index in [4.69, 9.17) is 85.3 Å². The van der Waals surface area contributed by atoms with Gasteiger partial charge in [0.15, 0.2) is 69.3 Å². The van der Waals surface area contributed by atoms with Crippen LogP contribution in [0.15, 0.2) is 121 Å². The van der Waals surface area contributed by atoms with Gasteiger partial charge in [0.05, 0.1) is 56.9 Å². The Hall–Kier alpha value is -12.5. The van der Waals surface area contributed by atoms with E-state index in [1.165, 1.54) is 105 Å². The molecule has 16 rings (SSSR count). The quantitative estimate of drug-likeness (QED) is 0.0134. The Labute approximate surface area is 844 Å². The first-order valence-electron chi connectivity index (χ1n) is 49.0. The number of fused-ring (bicyclic) bond motifs is 4. The zero-order chi connectivity index (χ0) is 103. The highest BCUT2D eigenvalue weighted by atomic mass is 32.1. The molecule has 12 aromatic rings. The number of ether oxygens (including phenoxy) is 8. The molecule has 0 radical (unpaired) electrons. The van der Waals surface area contributed by atoms with Crippen molar-refractivity contribution < 1.29 is 82.6 Å². The molecule has 144 heavy (non-hydrogen) atoms. The number of thiocarbonyl (C=S) groups is 2. The van der Waals surface area contributed by atoms with Crippen molar-refractivity contribution in [1.82, 2.24) is 61.1 Å². The topological polar surface area (TPSA) is 363 Å². The standard InChI is InChI=1S/2C27H32F2N4O3.2C27H32F2N4O2S/c2*1-4-31-20(15-9-11-18(28)12-10-15)14-21(34)16-5-7-17(8-6-16)27-32-24-19(26(30)33-27)13-22(35-2)25(36-3)23(24)29;2*1-4-31-20(15-9-11-18(28)12-10-15)14-22(36)16-5-7-17(8-6-16)27-32-24-19(26(30)33-27)13-21(34-2)25(35-3)23(24)29/h4*9-13,16-17,20,31H,4-8,14H2,1-3H3,(H2,30,32,33)/t4*16?,17?,20-/m1111/s1. The highest BCUT2D eigenvalue weighted by Crippen LogP contribution is 2.48. The number of nitrogen functional groups attached to an aromatic ring is 4. The second kappa shape index (κ2) is 50.8. The fourth-order valence-corrected chi connectivity index (χ4v) is 21.0. The summed E-state index contributed by atoms with van der Waals surface area (Å²) in [7, 11) is 11.2. The molecule has 0 unspecified atom stereocenters. The first-order valence-corrected chi connectivity index (χ1v) is 49.8. The van der Waals surface area contributed by atoms with Crippen LogP contribution < -0.4 is 82.1 Å². The van der Waals surface area contributed by atoms with Crippen LogP contribution in [0.1, 0.15) is 250 Å². The van der Waals surface area contributed by atoms with E-state index in [2.05, 4.69) is 75.0 Å². The molecule has 4 saturated carbocycles. The molecule has 4 heterocycles. The van der Waals surface area contributed by atoms with Crippen molar-refractivity contribution in [2.75, 3.05) is 106 Å². The molecule has 4 atom stereocenters. The number of nitrogens with two attached hydrogens (primary N) is 4. The molecule has 0 spiro atoms. The number of ketones is 2. The summed E-state index contributed by atoms with van der Waals surface area (Å²) in [5.41, 5.74) is 29.1. The minimum atomic E-state index is -0.638. The first-order chi connectivity index (χ1) is 69.4. The molecule has 26 nitrogen and oxygen atoms in total. The molecule has 8 aromatic carbocycles. The van der Waals surface area contributed by atoms with Crippen LogP contribution in [0.5, 0.6) is 46.0 Å². The third-order valence-electron chi connectivity index (χ3n) is 28.0. The van der Waals surface area contributed by atoms with Crippen LogP contribution in [0.25, 0.3) is 43.6 Å². The normalized spacial score (nSPS) is 18.7. The third kappa shape index (κ3) is 25.9. The zero-order valence-electron chi connectivity index (χ0n) is 83.3. The summed E-state index contributed by atoms with van der Waals surface area (Å²) >= 11 is 11.7. The molecular weight excluding hydrogens is 1900 g/mol. The van der Waals surface area contributed by atoms with Gasteiger partial charge in [-0.2, -0.15) is 0 Å². The number of rotatable bonds is 36. The number of hydrogen-bond donors (Lipinski definition) is 8. The Kier molecular flexibility index (Phi) is 38.4. The Morgan fingerprint density at radius 2 is 0.493 bits per heavy atom. The highest BCUT2D eigenvalue weighted by Gasteiger charge is 2.37. The predicted octanol–water partition coefficient (Wildman–Crippen LogP) is 22.0. The van der Waals surface area contributed by atoms with Gasteiger partial charge in [-0.15, -0.1) is 0 Å². The van der Waals surface area contributed by atoms with Gasteiger partial charge >= 0.3 is 0 Å². The lowest BCUT2D eigenvalue weighted by atomic mass is 9.78. The van der Waals surface area contributed by atoms with Crippen LogP contribution >= 0.6 is 24.4 Å². The Morgan fingerprint density at radius 3 is 0.681 bits per heavy atom. The maximum absolute atomic E-state index is 15.2. The lowest BCUT2D eigenvalue weighted by Crippen LogP contribution is -2.28. The molecule has 0 bridgehead atoms. The van der Waals surface area contributed by atoms with Crippen LogP contribution in [0.4, 0.5) is 58.4 Å². The molecular formula is C108H128F8N16O10S2. The number of aromatic nitrogens is 8. The maximum Gasteiger partial charge on any atom is 0.199 e. The predicted molar refractivity (Wildman–Crippen MR) is 552 cm³/mol. The van der Waals surface area contributed by atoms with Gasteiger partial charge in [0, 0.05) is 94.1 Å². The number of halogens is 8. The third-order valence-corrected chi connectivity index (χ3v) is 29.0. The average molecular weight is 2030 g/mol. The number of methoxy groups -OCH3 is 8. The van der Waals surface area contributed by atoms with Crippen LogP contribution in [-0.2, 0) is 9.59 Å². The Morgan fingerprint density at radius 1 is 0.299 bits per heavy atom. The van der Waals surface area contributed by atoms with Gasteiger partial charge in [0.1, 0.15) is 103 Å². The van der Waals surface area contributed by atoms with Gasteiger partial charge in [0.25, 0.3) is 0 Å². The van der Waals surface area contributed by atoms with Crippen molar-refractivity contribution in [3.63, 3.8) is 0 Å². The number of anilines is 4. The van der Waals surface area contributed by atoms with Gasteiger partial charge in [-0.05, 0) is 258 Å². The van der Waals surface area contributed by atoms with Crippen molar-refractivity contribution in [3.05, 3.63) is 213 Å². The van der Waals surface area contributed by atoms with Gasteiger partial charge in [-0.1, -0.05) is 101 Å². The molecule has 12 N–H and O–H groups in total. The first kappa shape index (κ1) is 109. The Bertz CT molecular complexity index is 5690. The number of carbonyl (C=O) groups excluding carboxylic acids is 2. The Balaban J connectivity index is 0.000000161. The fourth-order valence-electron chi connectivity index (χ4n) is 20.2. The molecule has 0 amide bonds. The van der Waals surface area contributed by atoms with Crippen LogP contribution in [0.3, 0.4) is 0 Å². The van der Waals surface area contributed by atoms with E-state index in [0.29, 0.717) is 134 Å². The summed E-state index contributed by atoms with van der Waals surface area (Å²) < 4.78 is 156. The van der Waals surface area contributed by atoms with Crippen molar-refractivity contribution in [1.29, 1.82) is 0 Å². The summed E-state index contributed by atoms with van der Waals surface area (Å²) in [6, 6.07) is 31.9. The molecule has 36 heteroatoms. The monoisotopic (exact) mass is 2020 g/mol. The average Bonchev–Trinajstić information content (AvgIpc) is 0.776. The van der Waals surface area contributed by atoms with Crippen molar-refractivity contribution in [3.8, 4) is 46.0 Å². The summed E-state index contributed by atoms with van der Waals surface area (Å²) in [6.07, 6.45) is 14.7. The van der Waals surface area contributed by atoms with Gasteiger partial charge in [0.2, 0.25) is 0 Å². The summed E-state index contributed by atoms with van der Waals surface area (Å²) in [6.45, 7) is 11.1. The van der Waals surface area contributed by atoms with E-state index < -0.39 is 23.3 Å². The molecule has 4 aromatic heterocycles. The molecule has 0 saturated heterocycles. The van der Waals surface area contributed by atoms with E-state index in [-0.39, 0.29) is 186 Å². The van der Waals surface area contributed by atoms with E-state index in [1.807, 2.05) is 38.1 Å². The van der Waals surface area contributed by atoms with Crippen molar-refractivity contribution in [2.45, 2.75) is 204 Å². The summed E-state index contributed by atoms with van der Waals surface area (Å²) in [4.78, 5) is 64.4. The second-order valence-electron chi connectivity index (χ2n) is 36.7. The largest absolute Gasteiger partial charge is 0.493 e. The van der Waals surface area contributed by atoms with Crippen LogP contribution in [0, 0.1) is 70.2 Å². The van der Waals surface area contributed by atoms with Gasteiger partial charge in [-0.25, -0.2) is 75.0 Å². The number of benzene rings is 8. The number of carbonyl (C=O) groups is 2. The SMILES string of the molecule is CCN[C@H](CC(=O)C1CCC(c2nc(N)c3cc(OC)c(OC)c(F)c3n2)CC1)c1ccc(F)cc1.CCN[C@H](CC(=O)C1CCC(c2nc(N)c3cc(OC)c(OC)c(F)c3n2)CC1)c1ccc(F)cc1.CCN[C@H](CC(=S)C1CCC(c2nc(N)c3cc(OC)c(OC)c(F)c3n2)CC1)c1ccc(F)cc1.CCN[C@H](CC(=S)C1CCC(c2nc(N)c3cc(OC)c(OC)c(F)c3n2)CC1)c1ccc(F)cc1. The van der Waals surface area contributed by atoms with Crippen molar-refractivity contribution in [2.24, 2.45) is 23.7 Å². The number of hydrogen-bond acceptors (Lipinski definition) is 28. The number of nitrogens with one attached hydrogen (secondary N) is 4. The molecule has 4 fully saturated rings. The summed E-state index contributed by atoms with van der Waals surface area (Å²) in [5.74, 6) is 1.13. The van der Waals surface area contributed by atoms with E-state index in [0.717, 1.165) is 109 Å². The smallest absolute Gasteiger partial charge is 0.199 e. The van der Waals surface area contributed by atoms with E-state index in [9.17, 15) is 27.2 Å². The van der Waals surface area contributed by atoms with Gasteiger partial charge < -0.3 is 82.1 Å². The maximum atomic E-state index is 15.2. The molecule has 4 aliphatic carbocycles. The van der Waals surface area contributed by atoms with Crippen molar-refractivity contribution >= 4 is 113 Å². The van der Waals surface area contributed by atoms with Crippen LogP contribution in [0.2, 0.25) is 0 Å². The molecule has 4 aliphatic rings. The van der Waals surface area contributed by atoms with E-state index in [1.54, 1.807) is 48.5 Å². The fraction of sp³-hybridized carbons (Fsp3) is 0.444.